The van der Waals surface area contributed by atoms with Gasteiger partial charge in [-0.1, -0.05) is 6.92 Å². The first kappa shape index (κ1) is 20.7. The molecule has 3 atom stereocenters. The number of rotatable bonds is 6. The normalized spacial score (nSPS) is 28.1. The minimum atomic E-state index is 0. The first-order valence-electron chi connectivity index (χ1n) is 9.79. The molecule has 2 aliphatic rings. The standard InChI is InChI=1S/C19H35N5.ClH/c1-4-24-10-6-8-17(19(24)18-12-21-23(3)15-18)14-22(2)13-16-7-5-9-20-11-16;/h12,15-17,19-20H,4-11,13-14H2,1-3H3;1H/t16?,17-,19+;/m0./s1. The summed E-state index contributed by atoms with van der Waals surface area (Å²) in [7, 11) is 4.35. The number of hydrogen-bond acceptors (Lipinski definition) is 4. The van der Waals surface area contributed by atoms with Crippen molar-refractivity contribution in [1.82, 2.24) is 24.9 Å². The number of aromatic nitrogens is 2. The predicted octanol–water partition coefficient (Wildman–Crippen LogP) is 2.55. The molecule has 0 bridgehead atoms. The van der Waals surface area contributed by atoms with Crippen molar-refractivity contribution < 1.29 is 0 Å². The summed E-state index contributed by atoms with van der Waals surface area (Å²) in [5.74, 6) is 1.54. The van der Waals surface area contributed by atoms with Gasteiger partial charge in [0.25, 0.3) is 0 Å². The molecule has 1 N–H and O–H groups in total. The third kappa shape index (κ3) is 5.43. The van der Waals surface area contributed by atoms with Crippen LogP contribution in [0.5, 0.6) is 0 Å². The Hall–Kier alpha value is -0.620. The highest BCUT2D eigenvalue weighted by Gasteiger charge is 2.33. The van der Waals surface area contributed by atoms with Crippen LogP contribution in [0.3, 0.4) is 0 Å². The molecular weight excluding hydrogens is 334 g/mol. The number of halogens is 1. The summed E-state index contributed by atoms with van der Waals surface area (Å²) in [4.78, 5) is 5.24. The van der Waals surface area contributed by atoms with Crippen LogP contribution in [-0.4, -0.2) is 65.9 Å². The van der Waals surface area contributed by atoms with Gasteiger partial charge in [0.15, 0.2) is 0 Å². The lowest BCUT2D eigenvalue weighted by atomic mass is 9.85. The molecule has 2 aliphatic heterocycles. The molecule has 6 heteroatoms. The first-order chi connectivity index (χ1) is 11.7. The summed E-state index contributed by atoms with van der Waals surface area (Å²) in [5.41, 5.74) is 1.40. The second-order valence-corrected chi connectivity index (χ2v) is 7.86. The third-order valence-electron chi connectivity index (χ3n) is 5.85. The summed E-state index contributed by atoms with van der Waals surface area (Å²) < 4.78 is 1.95. The van der Waals surface area contributed by atoms with Crippen molar-refractivity contribution in [2.45, 2.75) is 38.6 Å². The maximum atomic E-state index is 4.44. The Morgan fingerprint density at radius 3 is 2.76 bits per heavy atom. The van der Waals surface area contributed by atoms with E-state index < -0.39 is 0 Å². The molecule has 2 fully saturated rings. The van der Waals surface area contributed by atoms with E-state index in [-0.39, 0.29) is 12.4 Å². The van der Waals surface area contributed by atoms with Gasteiger partial charge in [-0.2, -0.15) is 5.10 Å². The zero-order chi connectivity index (χ0) is 16.9. The summed E-state index contributed by atoms with van der Waals surface area (Å²) in [6, 6.07) is 0.532. The predicted molar refractivity (Wildman–Crippen MR) is 106 cm³/mol. The molecule has 2 saturated heterocycles. The Morgan fingerprint density at radius 2 is 2.12 bits per heavy atom. The number of nitrogens with one attached hydrogen (secondary N) is 1. The molecule has 0 aromatic carbocycles. The molecular formula is C19H36ClN5. The molecule has 0 aliphatic carbocycles. The molecule has 3 heterocycles. The summed E-state index contributed by atoms with van der Waals surface area (Å²) in [6.07, 6.45) is 9.68. The summed E-state index contributed by atoms with van der Waals surface area (Å²) in [5, 5.41) is 7.99. The van der Waals surface area contributed by atoms with E-state index in [1.54, 1.807) is 0 Å². The first-order valence-corrected chi connectivity index (χ1v) is 9.79. The summed E-state index contributed by atoms with van der Waals surface area (Å²) in [6.45, 7) is 9.49. The molecule has 1 aromatic rings. The molecule has 25 heavy (non-hydrogen) atoms. The van der Waals surface area contributed by atoms with Gasteiger partial charge in [-0.05, 0) is 70.7 Å². The number of piperidine rings is 2. The van der Waals surface area contributed by atoms with Crippen molar-refractivity contribution in [3.05, 3.63) is 18.0 Å². The second-order valence-electron chi connectivity index (χ2n) is 7.86. The zero-order valence-corrected chi connectivity index (χ0v) is 17.0. The van der Waals surface area contributed by atoms with E-state index in [0.29, 0.717) is 12.0 Å². The fraction of sp³-hybridized carbons (Fsp3) is 0.842. The number of aryl methyl sites for hydroxylation is 1. The number of nitrogens with zero attached hydrogens (tertiary/aromatic N) is 4. The summed E-state index contributed by atoms with van der Waals surface area (Å²) >= 11 is 0. The van der Waals surface area contributed by atoms with Crippen molar-refractivity contribution in [2.24, 2.45) is 18.9 Å². The van der Waals surface area contributed by atoms with Crippen LogP contribution in [0.4, 0.5) is 0 Å². The van der Waals surface area contributed by atoms with Crippen molar-refractivity contribution in [2.75, 3.05) is 46.3 Å². The van der Waals surface area contributed by atoms with Gasteiger partial charge in [0, 0.05) is 37.9 Å². The highest BCUT2D eigenvalue weighted by molar-refractivity contribution is 5.85. The number of hydrogen-bond donors (Lipinski definition) is 1. The third-order valence-corrected chi connectivity index (χ3v) is 5.85. The average Bonchev–Trinajstić information content (AvgIpc) is 3.01. The van der Waals surface area contributed by atoms with Crippen LogP contribution in [-0.2, 0) is 7.05 Å². The van der Waals surface area contributed by atoms with Crippen molar-refractivity contribution in [3.8, 4) is 0 Å². The van der Waals surface area contributed by atoms with Gasteiger partial charge in [0.05, 0.1) is 6.20 Å². The van der Waals surface area contributed by atoms with Gasteiger partial charge in [0.1, 0.15) is 0 Å². The Labute approximate surface area is 159 Å². The molecule has 1 aromatic heterocycles. The van der Waals surface area contributed by atoms with Crippen molar-refractivity contribution in [1.29, 1.82) is 0 Å². The second kappa shape index (κ2) is 9.91. The molecule has 1 unspecified atom stereocenters. The zero-order valence-electron chi connectivity index (χ0n) is 16.2. The van der Waals surface area contributed by atoms with E-state index in [1.165, 1.54) is 64.0 Å². The molecule has 0 saturated carbocycles. The largest absolute Gasteiger partial charge is 0.316 e. The van der Waals surface area contributed by atoms with Gasteiger partial charge in [-0.3, -0.25) is 9.58 Å². The minimum absolute atomic E-state index is 0. The minimum Gasteiger partial charge on any atom is -0.316 e. The van der Waals surface area contributed by atoms with Crippen LogP contribution < -0.4 is 5.32 Å². The molecule has 3 rings (SSSR count). The quantitative estimate of drug-likeness (QED) is 0.836. The lowest BCUT2D eigenvalue weighted by molar-refractivity contribution is 0.0718. The Morgan fingerprint density at radius 1 is 1.28 bits per heavy atom. The van der Waals surface area contributed by atoms with Gasteiger partial charge >= 0.3 is 0 Å². The van der Waals surface area contributed by atoms with Crippen molar-refractivity contribution in [3.63, 3.8) is 0 Å². The smallest absolute Gasteiger partial charge is 0.0537 e. The Bertz CT molecular complexity index is 500. The lowest BCUT2D eigenvalue weighted by Gasteiger charge is -2.42. The van der Waals surface area contributed by atoms with Crippen molar-refractivity contribution >= 4 is 12.4 Å². The van der Waals surface area contributed by atoms with Crippen LogP contribution >= 0.6 is 12.4 Å². The van der Waals surface area contributed by atoms with E-state index in [4.69, 9.17) is 0 Å². The monoisotopic (exact) mass is 369 g/mol. The van der Waals surface area contributed by atoms with Crippen LogP contribution in [0, 0.1) is 11.8 Å². The van der Waals surface area contributed by atoms with Gasteiger partial charge < -0.3 is 10.2 Å². The molecule has 0 radical (unpaired) electrons. The van der Waals surface area contributed by atoms with E-state index in [2.05, 4.69) is 46.6 Å². The molecule has 0 amide bonds. The van der Waals surface area contributed by atoms with E-state index in [0.717, 1.165) is 12.5 Å². The molecule has 144 valence electrons. The van der Waals surface area contributed by atoms with E-state index >= 15 is 0 Å². The fourth-order valence-corrected chi connectivity index (χ4v) is 4.77. The Balaban J connectivity index is 0.00000225. The van der Waals surface area contributed by atoms with Crippen LogP contribution in [0.2, 0.25) is 0 Å². The highest BCUT2D eigenvalue weighted by Crippen LogP contribution is 2.36. The Kier molecular flexibility index (Phi) is 8.20. The lowest BCUT2D eigenvalue weighted by Crippen LogP contribution is -2.44. The molecule has 0 spiro atoms. The van der Waals surface area contributed by atoms with E-state index in [1.807, 2.05) is 11.7 Å². The van der Waals surface area contributed by atoms with Crippen LogP contribution in [0.15, 0.2) is 12.4 Å². The SMILES string of the molecule is CCN1CCC[C@@H](CN(C)CC2CCCNC2)[C@@H]1c1cnn(C)c1.Cl. The topological polar surface area (TPSA) is 36.3 Å². The highest BCUT2D eigenvalue weighted by atomic mass is 35.5. The van der Waals surface area contributed by atoms with Crippen LogP contribution in [0.25, 0.3) is 0 Å². The number of likely N-dealkylation sites (tertiary alicyclic amines) is 1. The van der Waals surface area contributed by atoms with E-state index in [9.17, 15) is 0 Å². The van der Waals surface area contributed by atoms with Gasteiger partial charge in [-0.15, -0.1) is 12.4 Å². The average molecular weight is 370 g/mol. The van der Waals surface area contributed by atoms with Gasteiger partial charge in [-0.25, -0.2) is 0 Å². The maximum Gasteiger partial charge on any atom is 0.0537 e. The van der Waals surface area contributed by atoms with Gasteiger partial charge in [0.2, 0.25) is 0 Å². The fourth-order valence-electron chi connectivity index (χ4n) is 4.77. The van der Waals surface area contributed by atoms with Crippen LogP contribution in [0.1, 0.15) is 44.2 Å². The molecule has 5 nitrogen and oxygen atoms in total. The maximum absolute atomic E-state index is 4.44.